The fraction of sp³-hybridized carbons (Fsp3) is 0.667. The summed E-state index contributed by atoms with van der Waals surface area (Å²) in [6.07, 6.45) is 3.29. The van der Waals surface area contributed by atoms with Crippen LogP contribution in [-0.2, 0) is 9.53 Å². The van der Waals surface area contributed by atoms with Gasteiger partial charge in [-0.25, -0.2) is 0 Å². The summed E-state index contributed by atoms with van der Waals surface area (Å²) in [4.78, 5) is 23.4. The van der Waals surface area contributed by atoms with Crippen molar-refractivity contribution in [1.29, 1.82) is 0 Å². The normalized spacial score (nSPS) is 22.1. The van der Waals surface area contributed by atoms with Crippen molar-refractivity contribution in [3.8, 4) is 6.01 Å². The predicted octanol–water partition coefficient (Wildman–Crippen LogP) is 1.68. The molecule has 0 bridgehead atoms. The number of nitrogens with one attached hydrogen (secondary N) is 1. The molecule has 7 nitrogen and oxygen atoms in total. The molecule has 1 aromatic rings. The van der Waals surface area contributed by atoms with Crippen LogP contribution in [0.3, 0.4) is 0 Å². The summed E-state index contributed by atoms with van der Waals surface area (Å²) in [6, 6.07) is 0.384. The van der Waals surface area contributed by atoms with Crippen molar-refractivity contribution < 1.29 is 14.3 Å². The van der Waals surface area contributed by atoms with Crippen LogP contribution in [0.5, 0.6) is 6.01 Å². The third kappa shape index (κ3) is 3.69. The maximum Gasteiger partial charge on any atom is 0.322 e. The van der Waals surface area contributed by atoms with Gasteiger partial charge in [0.05, 0.1) is 20.1 Å². The van der Waals surface area contributed by atoms with E-state index in [1.807, 2.05) is 0 Å². The van der Waals surface area contributed by atoms with Crippen LogP contribution >= 0.6 is 11.6 Å². The van der Waals surface area contributed by atoms with E-state index in [0.717, 1.165) is 25.7 Å². The number of hydrogen-bond donors (Lipinski definition) is 1. The number of hydrogen-bond acceptors (Lipinski definition) is 7. The van der Waals surface area contributed by atoms with Crippen LogP contribution in [0, 0.1) is 5.92 Å². The molecule has 8 heteroatoms. The molecule has 2 rings (SSSR count). The minimum absolute atomic E-state index is 0.00506. The molecule has 0 spiro atoms. The first-order valence-corrected chi connectivity index (χ1v) is 6.80. The quantitative estimate of drug-likeness (QED) is 0.846. The smallest absolute Gasteiger partial charge is 0.322 e. The van der Waals surface area contributed by atoms with Gasteiger partial charge in [-0.05, 0) is 37.3 Å². The minimum Gasteiger partial charge on any atom is -0.469 e. The summed E-state index contributed by atoms with van der Waals surface area (Å²) < 4.78 is 9.70. The molecule has 1 aliphatic carbocycles. The summed E-state index contributed by atoms with van der Waals surface area (Å²) in [5.74, 6) is 0.256. The van der Waals surface area contributed by atoms with Crippen molar-refractivity contribution >= 4 is 23.5 Å². The Morgan fingerprint density at radius 3 is 2.50 bits per heavy atom. The molecular weight excluding hydrogens is 284 g/mol. The first-order chi connectivity index (χ1) is 9.62. The van der Waals surface area contributed by atoms with E-state index in [1.54, 1.807) is 0 Å². The van der Waals surface area contributed by atoms with Gasteiger partial charge >= 0.3 is 12.0 Å². The largest absolute Gasteiger partial charge is 0.469 e. The molecule has 0 radical (unpaired) electrons. The molecule has 110 valence electrons. The summed E-state index contributed by atoms with van der Waals surface area (Å²) >= 11 is 5.79. The number of carbonyl (C=O) groups excluding carboxylic acids is 1. The lowest BCUT2D eigenvalue weighted by Crippen LogP contribution is -2.30. The lowest BCUT2D eigenvalue weighted by Gasteiger charge is -2.27. The van der Waals surface area contributed by atoms with Crippen molar-refractivity contribution in [2.75, 3.05) is 19.5 Å². The van der Waals surface area contributed by atoms with E-state index in [-0.39, 0.29) is 29.2 Å². The zero-order valence-electron chi connectivity index (χ0n) is 11.4. The highest BCUT2D eigenvalue weighted by molar-refractivity contribution is 6.28. The number of halogens is 1. The van der Waals surface area contributed by atoms with Gasteiger partial charge in [0.2, 0.25) is 11.2 Å². The number of methoxy groups -OCH3 is 2. The van der Waals surface area contributed by atoms with Gasteiger partial charge in [-0.2, -0.15) is 15.0 Å². The van der Waals surface area contributed by atoms with Crippen LogP contribution in [0.15, 0.2) is 0 Å². The minimum atomic E-state index is -0.131. The highest BCUT2D eigenvalue weighted by Crippen LogP contribution is 2.27. The lowest BCUT2D eigenvalue weighted by molar-refractivity contribution is -0.146. The van der Waals surface area contributed by atoms with Gasteiger partial charge in [-0.1, -0.05) is 0 Å². The maximum absolute atomic E-state index is 11.5. The molecule has 0 saturated heterocycles. The predicted molar refractivity (Wildman–Crippen MR) is 72.8 cm³/mol. The average molecular weight is 301 g/mol. The van der Waals surface area contributed by atoms with E-state index in [1.165, 1.54) is 14.2 Å². The Hall–Kier alpha value is -1.63. The molecule has 20 heavy (non-hydrogen) atoms. The maximum atomic E-state index is 11.5. The third-order valence-electron chi connectivity index (χ3n) is 3.37. The second-order valence-corrected chi connectivity index (χ2v) is 4.97. The molecule has 0 atom stereocenters. The highest BCUT2D eigenvalue weighted by Gasteiger charge is 2.27. The molecule has 1 aliphatic rings. The van der Waals surface area contributed by atoms with Crippen molar-refractivity contribution in [2.24, 2.45) is 5.92 Å². The zero-order valence-corrected chi connectivity index (χ0v) is 12.2. The fourth-order valence-electron chi connectivity index (χ4n) is 2.31. The van der Waals surface area contributed by atoms with Gasteiger partial charge in [0, 0.05) is 6.04 Å². The topological polar surface area (TPSA) is 86.2 Å². The highest BCUT2D eigenvalue weighted by atomic mass is 35.5. The summed E-state index contributed by atoms with van der Waals surface area (Å²) in [5, 5.41) is 3.28. The number of aromatic nitrogens is 3. The molecule has 1 saturated carbocycles. The van der Waals surface area contributed by atoms with E-state index in [2.05, 4.69) is 20.3 Å². The van der Waals surface area contributed by atoms with Crippen LogP contribution in [0.4, 0.5) is 5.95 Å². The molecule has 0 amide bonds. The van der Waals surface area contributed by atoms with E-state index >= 15 is 0 Å². The number of rotatable bonds is 4. The Balaban J connectivity index is 1.92. The first kappa shape index (κ1) is 14.8. The zero-order chi connectivity index (χ0) is 14.5. The van der Waals surface area contributed by atoms with Crippen molar-refractivity contribution in [1.82, 2.24) is 15.0 Å². The van der Waals surface area contributed by atoms with Crippen molar-refractivity contribution in [2.45, 2.75) is 31.7 Å². The molecular formula is C12H17ClN4O3. The molecule has 1 fully saturated rings. The van der Waals surface area contributed by atoms with Gasteiger partial charge in [0.15, 0.2) is 0 Å². The van der Waals surface area contributed by atoms with Gasteiger partial charge in [-0.3, -0.25) is 4.79 Å². The SMILES string of the molecule is COC(=O)C1CCC(Nc2nc(Cl)nc(OC)n2)CC1. The van der Waals surface area contributed by atoms with Gasteiger partial charge in [0.25, 0.3) is 0 Å². The third-order valence-corrected chi connectivity index (χ3v) is 3.53. The standard InChI is InChI=1S/C12H17ClN4O3/c1-19-9(18)7-3-5-8(6-4-7)14-11-15-10(13)16-12(17-11)20-2/h7-8H,3-6H2,1-2H3,(H,14,15,16,17). The number of anilines is 1. The number of carbonyl (C=O) groups is 1. The van der Waals surface area contributed by atoms with Crippen molar-refractivity contribution in [3.63, 3.8) is 0 Å². The van der Waals surface area contributed by atoms with Crippen LogP contribution in [0.25, 0.3) is 0 Å². The Morgan fingerprint density at radius 1 is 1.20 bits per heavy atom. The summed E-state index contributed by atoms with van der Waals surface area (Å²) in [6.45, 7) is 0. The molecule has 1 N–H and O–H groups in total. The van der Waals surface area contributed by atoms with Crippen LogP contribution in [0.1, 0.15) is 25.7 Å². The summed E-state index contributed by atoms with van der Waals surface area (Å²) in [5.41, 5.74) is 0. The van der Waals surface area contributed by atoms with E-state index < -0.39 is 0 Å². The Bertz CT molecular complexity index is 478. The Kier molecular flexibility index (Phi) is 4.94. The second kappa shape index (κ2) is 6.69. The summed E-state index contributed by atoms with van der Waals surface area (Å²) in [7, 11) is 2.89. The van der Waals surface area contributed by atoms with Gasteiger partial charge in [-0.15, -0.1) is 0 Å². The van der Waals surface area contributed by atoms with E-state index in [4.69, 9.17) is 21.1 Å². The first-order valence-electron chi connectivity index (χ1n) is 6.42. The molecule has 1 heterocycles. The molecule has 1 aromatic heterocycles. The Labute approximate surface area is 122 Å². The second-order valence-electron chi connectivity index (χ2n) is 4.63. The molecule has 0 aromatic carbocycles. The van der Waals surface area contributed by atoms with Gasteiger partial charge < -0.3 is 14.8 Å². The van der Waals surface area contributed by atoms with E-state index in [0.29, 0.717) is 5.95 Å². The van der Waals surface area contributed by atoms with E-state index in [9.17, 15) is 4.79 Å². The van der Waals surface area contributed by atoms with Gasteiger partial charge in [0.1, 0.15) is 0 Å². The van der Waals surface area contributed by atoms with Crippen LogP contribution < -0.4 is 10.1 Å². The fourth-order valence-corrected chi connectivity index (χ4v) is 2.46. The molecule has 0 unspecified atom stereocenters. The lowest BCUT2D eigenvalue weighted by atomic mass is 9.86. The number of nitrogens with zero attached hydrogens (tertiary/aromatic N) is 3. The number of ether oxygens (including phenoxy) is 2. The Morgan fingerprint density at radius 2 is 1.90 bits per heavy atom. The number of esters is 1. The average Bonchev–Trinajstić information content (AvgIpc) is 2.46. The van der Waals surface area contributed by atoms with Crippen LogP contribution in [0.2, 0.25) is 5.28 Å². The van der Waals surface area contributed by atoms with Crippen LogP contribution in [-0.4, -0.2) is 41.2 Å². The molecule has 0 aliphatic heterocycles. The van der Waals surface area contributed by atoms with Crippen molar-refractivity contribution in [3.05, 3.63) is 5.28 Å². The monoisotopic (exact) mass is 300 g/mol.